The van der Waals surface area contributed by atoms with E-state index in [4.69, 9.17) is 11.6 Å². The molecule has 23 heavy (non-hydrogen) atoms. The number of halogens is 1. The first-order valence-corrected chi connectivity index (χ1v) is 9.02. The Morgan fingerprint density at radius 3 is 2.57 bits per heavy atom. The second kappa shape index (κ2) is 4.37. The van der Waals surface area contributed by atoms with Gasteiger partial charge in [-0.2, -0.15) is 0 Å². The largest absolute Gasteiger partial charge is 0.135 e. The maximum atomic E-state index is 6.58. The molecule has 112 valence electrons. The molecule has 1 aromatic heterocycles. The maximum absolute atomic E-state index is 6.58. The van der Waals surface area contributed by atoms with Crippen LogP contribution in [-0.4, -0.2) is 0 Å². The van der Waals surface area contributed by atoms with E-state index in [2.05, 4.69) is 62.4 Å². The van der Waals surface area contributed by atoms with Gasteiger partial charge in [-0.25, -0.2) is 0 Å². The minimum absolute atomic E-state index is 0.0482. The second-order valence-electron chi connectivity index (χ2n) is 6.75. The fraction of sp³-hybridized carbons (Fsp3) is 0.143. The predicted octanol–water partition coefficient (Wildman–Crippen LogP) is 7.01. The summed E-state index contributed by atoms with van der Waals surface area (Å²) in [5.41, 5.74) is 5.29. The molecular weight excluding hydrogens is 320 g/mol. The zero-order chi connectivity index (χ0) is 15.8. The van der Waals surface area contributed by atoms with Crippen molar-refractivity contribution in [3.8, 4) is 11.1 Å². The van der Waals surface area contributed by atoms with Gasteiger partial charge in [0, 0.05) is 36.2 Å². The van der Waals surface area contributed by atoms with E-state index < -0.39 is 0 Å². The molecule has 0 nitrogen and oxygen atoms in total. The highest BCUT2D eigenvalue weighted by Gasteiger charge is 2.38. The molecule has 0 atom stereocenters. The summed E-state index contributed by atoms with van der Waals surface area (Å²) in [4.78, 5) is 0. The smallest absolute Gasteiger partial charge is 0.0453 e. The number of thiophene rings is 1. The van der Waals surface area contributed by atoms with Gasteiger partial charge in [-0.1, -0.05) is 67.9 Å². The highest BCUT2D eigenvalue weighted by atomic mass is 35.5. The fourth-order valence-corrected chi connectivity index (χ4v) is 5.75. The number of rotatable bonds is 0. The average molecular weight is 335 g/mol. The molecule has 0 fully saturated rings. The summed E-state index contributed by atoms with van der Waals surface area (Å²) in [5, 5.41) is 3.58. The van der Waals surface area contributed by atoms with Crippen LogP contribution in [0.5, 0.6) is 0 Å². The van der Waals surface area contributed by atoms with Crippen LogP contribution in [0.4, 0.5) is 0 Å². The minimum atomic E-state index is -0.0482. The topological polar surface area (TPSA) is 0 Å². The molecule has 1 heterocycles. The van der Waals surface area contributed by atoms with Crippen molar-refractivity contribution < 1.29 is 0 Å². The molecule has 4 aromatic rings. The van der Waals surface area contributed by atoms with Crippen LogP contribution in [0.2, 0.25) is 5.02 Å². The zero-order valence-electron chi connectivity index (χ0n) is 13.0. The summed E-state index contributed by atoms with van der Waals surface area (Å²) in [7, 11) is 0. The summed E-state index contributed by atoms with van der Waals surface area (Å²) >= 11 is 8.47. The van der Waals surface area contributed by atoms with Crippen molar-refractivity contribution in [1.82, 2.24) is 0 Å². The van der Waals surface area contributed by atoms with Gasteiger partial charge < -0.3 is 0 Å². The molecule has 0 saturated carbocycles. The van der Waals surface area contributed by atoms with E-state index in [0.717, 1.165) is 5.02 Å². The van der Waals surface area contributed by atoms with Gasteiger partial charge in [0.25, 0.3) is 0 Å². The monoisotopic (exact) mass is 334 g/mol. The third-order valence-electron chi connectivity index (χ3n) is 5.13. The first-order valence-electron chi connectivity index (χ1n) is 7.83. The van der Waals surface area contributed by atoms with Crippen molar-refractivity contribution in [2.45, 2.75) is 19.3 Å². The Labute approximate surface area is 144 Å². The zero-order valence-corrected chi connectivity index (χ0v) is 14.6. The molecule has 0 saturated heterocycles. The van der Waals surface area contributed by atoms with Gasteiger partial charge in [0.15, 0.2) is 0 Å². The lowest BCUT2D eigenvalue weighted by molar-refractivity contribution is 0.661. The SMILES string of the molecule is CC1(C)c2ccc3c(sc4ccccc43)c2-c2cccc(Cl)c21. The van der Waals surface area contributed by atoms with Crippen molar-refractivity contribution in [1.29, 1.82) is 0 Å². The molecule has 1 aliphatic rings. The average Bonchev–Trinajstić information content (AvgIpc) is 3.02. The Morgan fingerprint density at radius 1 is 0.870 bits per heavy atom. The van der Waals surface area contributed by atoms with Gasteiger partial charge in [-0.3, -0.25) is 0 Å². The molecule has 0 N–H and O–H groups in total. The molecule has 3 aromatic carbocycles. The van der Waals surface area contributed by atoms with Crippen molar-refractivity contribution in [3.63, 3.8) is 0 Å². The lowest BCUT2D eigenvalue weighted by Crippen LogP contribution is -2.15. The molecule has 0 radical (unpaired) electrons. The van der Waals surface area contributed by atoms with Gasteiger partial charge in [0.1, 0.15) is 0 Å². The van der Waals surface area contributed by atoms with Gasteiger partial charge in [-0.05, 0) is 28.8 Å². The minimum Gasteiger partial charge on any atom is -0.135 e. The Hall–Kier alpha value is -1.83. The van der Waals surface area contributed by atoms with E-state index in [1.807, 2.05) is 17.4 Å². The van der Waals surface area contributed by atoms with E-state index in [0.29, 0.717) is 0 Å². The quantitative estimate of drug-likeness (QED) is 0.324. The van der Waals surface area contributed by atoms with E-state index in [-0.39, 0.29) is 5.41 Å². The van der Waals surface area contributed by atoms with Gasteiger partial charge in [0.05, 0.1) is 0 Å². The molecule has 0 amide bonds. The Morgan fingerprint density at radius 2 is 1.70 bits per heavy atom. The van der Waals surface area contributed by atoms with Crippen molar-refractivity contribution in [2.24, 2.45) is 0 Å². The van der Waals surface area contributed by atoms with Crippen LogP contribution >= 0.6 is 22.9 Å². The molecule has 0 unspecified atom stereocenters. The highest BCUT2D eigenvalue weighted by molar-refractivity contribution is 7.26. The summed E-state index contributed by atoms with van der Waals surface area (Å²) < 4.78 is 2.74. The van der Waals surface area contributed by atoms with Crippen LogP contribution in [0, 0.1) is 0 Å². The van der Waals surface area contributed by atoms with E-state index in [9.17, 15) is 0 Å². The maximum Gasteiger partial charge on any atom is 0.0453 e. The summed E-state index contributed by atoms with van der Waals surface area (Å²) in [6.07, 6.45) is 0. The first-order chi connectivity index (χ1) is 11.1. The van der Waals surface area contributed by atoms with Crippen molar-refractivity contribution in [2.75, 3.05) is 0 Å². The molecule has 2 heteroatoms. The summed E-state index contributed by atoms with van der Waals surface area (Å²) in [5.74, 6) is 0. The molecule has 0 bridgehead atoms. The fourth-order valence-electron chi connectivity index (χ4n) is 4.08. The lowest BCUT2D eigenvalue weighted by Gasteiger charge is -2.22. The second-order valence-corrected chi connectivity index (χ2v) is 8.21. The van der Waals surface area contributed by atoms with Crippen LogP contribution in [-0.2, 0) is 5.41 Å². The van der Waals surface area contributed by atoms with E-state index >= 15 is 0 Å². The van der Waals surface area contributed by atoms with E-state index in [1.165, 1.54) is 42.4 Å². The molecular formula is C21H15ClS. The first kappa shape index (κ1) is 13.6. The van der Waals surface area contributed by atoms with Crippen LogP contribution in [0.15, 0.2) is 54.6 Å². The van der Waals surface area contributed by atoms with Gasteiger partial charge in [-0.15, -0.1) is 11.3 Å². The normalized spacial score (nSPS) is 15.1. The molecule has 0 aliphatic heterocycles. The van der Waals surface area contributed by atoms with Crippen LogP contribution in [0.1, 0.15) is 25.0 Å². The number of hydrogen-bond donors (Lipinski definition) is 0. The molecule has 5 rings (SSSR count). The predicted molar refractivity (Wildman–Crippen MR) is 102 cm³/mol. The van der Waals surface area contributed by atoms with Gasteiger partial charge in [0.2, 0.25) is 0 Å². The molecule has 0 spiro atoms. The third kappa shape index (κ3) is 1.62. The van der Waals surface area contributed by atoms with Crippen molar-refractivity contribution >= 4 is 43.1 Å². The van der Waals surface area contributed by atoms with E-state index in [1.54, 1.807) is 0 Å². The lowest BCUT2D eigenvalue weighted by atomic mass is 9.82. The van der Waals surface area contributed by atoms with Crippen LogP contribution < -0.4 is 0 Å². The standard InChI is InChI=1S/C21H15ClS/c1-21(2)15-11-10-13-12-6-3-4-9-17(12)23-20(13)18(15)14-7-5-8-16(22)19(14)21/h3-11H,1-2H3. The Kier molecular flexibility index (Phi) is 2.58. The molecule has 1 aliphatic carbocycles. The van der Waals surface area contributed by atoms with Crippen molar-refractivity contribution in [3.05, 3.63) is 70.7 Å². The van der Waals surface area contributed by atoms with Crippen LogP contribution in [0.3, 0.4) is 0 Å². The Balaban J connectivity index is 2.02. The number of fused-ring (bicyclic) bond motifs is 7. The summed E-state index contributed by atoms with van der Waals surface area (Å²) in [6, 6.07) is 19.6. The Bertz CT molecular complexity index is 1100. The third-order valence-corrected chi connectivity index (χ3v) is 6.65. The highest BCUT2D eigenvalue weighted by Crippen LogP contribution is 2.55. The van der Waals surface area contributed by atoms with Gasteiger partial charge >= 0.3 is 0 Å². The summed E-state index contributed by atoms with van der Waals surface area (Å²) in [6.45, 7) is 4.56. The number of benzene rings is 3. The number of hydrogen-bond acceptors (Lipinski definition) is 1. The van der Waals surface area contributed by atoms with Crippen LogP contribution in [0.25, 0.3) is 31.3 Å².